The van der Waals surface area contributed by atoms with Gasteiger partial charge in [-0.05, 0) is 12.1 Å². The number of aromatic nitrogens is 1. The molecule has 0 fully saturated rings. The molecule has 0 atom stereocenters. The molecule has 0 aliphatic heterocycles. The highest BCUT2D eigenvalue weighted by Gasteiger charge is 2.06. The summed E-state index contributed by atoms with van der Waals surface area (Å²) in [6.07, 6.45) is 3.18. The first-order valence-electron chi connectivity index (χ1n) is 4.14. The number of nitrogens with one attached hydrogen (secondary N) is 1. The Morgan fingerprint density at radius 3 is 2.64 bits per heavy atom. The van der Waals surface area contributed by atoms with Crippen molar-refractivity contribution in [1.82, 2.24) is 10.5 Å². The first-order chi connectivity index (χ1) is 6.74. The molecule has 14 heavy (non-hydrogen) atoms. The van der Waals surface area contributed by atoms with E-state index < -0.39 is 11.9 Å². The van der Waals surface area contributed by atoms with Gasteiger partial charge in [-0.1, -0.05) is 6.92 Å². The van der Waals surface area contributed by atoms with Gasteiger partial charge in [-0.3, -0.25) is 9.78 Å². The maximum atomic E-state index is 11.2. The molecule has 1 heterocycles. The zero-order valence-corrected chi connectivity index (χ0v) is 7.69. The molecular weight excluding hydrogens is 184 g/mol. The van der Waals surface area contributed by atoms with Crippen LogP contribution in [0.2, 0.25) is 0 Å². The molecule has 74 valence electrons. The molecule has 1 aromatic rings. The number of hydrogen-bond acceptors (Lipinski definition) is 4. The molecule has 0 bridgehead atoms. The van der Waals surface area contributed by atoms with Gasteiger partial charge in [0, 0.05) is 24.4 Å². The normalized spacial score (nSPS) is 9.21. The van der Waals surface area contributed by atoms with E-state index in [4.69, 9.17) is 0 Å². The SMILES string of the molecule is CCC(=O)ONC(=O)c1ccncc1. The van der Waals surface area contributed by atoms with Crippen molar-refractivity contribution in [1.29, 1.82) is 0 Å². The van der Waals surface area contributed by atoms with Crippen LogP contribution in [0.1, 0.15) is 23.7 Å². The molecular formula is C9H10N2O3. The van der Waals surface area contributed by atoms with Crippen molar-refractivity contribution in [3.63, 3.8) is 0 Å². The van der Waals surface area contributed by atoms with E-state index in [9.17, 15) is 9.59 Å². The van der Waals surface area contributed by atoms with E-state index in [1.807, 2.05) is 5.48 Å². The van der Waals surface area contributed by atoms with E-state index in [0.29, 0.717) is 5.56 Å². The summed E-state index contributed by atoms with van der Waals surface area (Å²) in [6.45, 7) is 1.64. The molecule has 1 rings (SSSR count). The fourth-order valence-corrected chi connectivity index (χ4v) is 0.738. The lowest BCUT2D eigenvalue weighted by atomic mass is 10.3. The number of nitrogens with zero attached hydrogens (tertiary/aromatic N) is 1. The van der Waals surface area contributed by atoms with Crippen LogP contribution < -0.4 is 5.48 Å². The minimum Gasteiger partial charge on any atom is -0.341 e. The van der Waals surface area contributed by atoms with E-state index in [2.05, 4.69) is 9.82 Å². The minimum absolute atomic E-state index is 0.219. The summed E-state index contributed by atoms with van der Waals surface area (Å²) in [5.74, 6) is -0.943. The molecule has 0 unspecified atom stereocenters. The van der Waals surface area contributed by atoms with Crippen LogP contribution in [0.3, 0.4) is 0 Å². The standard InChI is InChI=1S/C9H10N2O3/c1-2-8(12)14-11-9(13)7-3-5-10-6-4-7/h3-6H,2H2,1H3,(H,11,13). The maximum absolute atomic E-state index is 11.2. The molecule has 0 aromatic carbocycles. The largest absolute Gasteiger partial charge is 0.341 e. The maximum Gasteiger partial charge on any atom is 0.331 e. The third kappa shape index (κ3) is 2.85. The second-order valence-electron chi connectivity index (χ2n) is 2.49. The summed E-state index contributed by atoms with van der Waals surface area (Å²) in [5, 5.41) is 0. The van der Waals surface area contributed by atoms with Crippen molar-refractivity contribution in [3.8, 4) is 0 Å². The second kappa shape index (κ2) is 4.96. The number of hydroxylamine groups is 1. The van der Waals surface area contributed by atoms with Gasteiger partial charge in [0.1, 0.15) is 0 Å². The Morgan fingerprint density at radius 2 is 2.07 bits per heavy atom. The van der Waals surface area contributed by atoms with E-state index in [0.717, 1.165) is 0 Å². The number of hydrogen-bond donors (Lipinski definition) is 1. The highest BCUT2D eigenvalue weighted by Crippen LogP contribution is 1.95. The van der Waals surface area contributed by atoms with Gasteiger partial charge in [0.2, 0.25) is 0 Å². The summed E-state index contributed by atoms with van der Waals surface area (Å²) in [7, 11) is 0. The minimum atomic E-state index is -0.479. The van der Waals surface area contributed by atoms with Crippen molar-refractivity contribution < 1.29 is 14.4 Å². The number of amides is 1. The molecule has 0 saturated heterocycles. The molecule has 5 heteroatoms. The van der Waals surface area contributed by atoms with E-state index in [1.54, 1.807) is 6.92 Å². The quantitative estimate of drug-likeness (QED) is 0.703. The van der Waals surface area contributed by atoms with Crippen molar-refractivity contribution in [2.75, 3.05) is 0 Å². The first kappa shape index (κ1) is 10.2. The number of carbonyl (C=O) groups excluding carboxylic acids is 2. The smallest absolute Gasteiger partial charge is 0.331 e. The Balaban J connectivity index is 2.48. The molecule has 0 radical (unpaired) electrons. The van der Waals surface area contributed by atoms with Crippen LogP contribution in [-0.2, 0) is 9.63 Å². The fraction of sp³-hybridized carbons (Fsp3) is 0.222. The predicted molar refractivity (Wildman–Crippen MR) is 48.1 cm³/mol. The van der Waals surface area contributed by atoms with Gasteiger partial charge >= 0.3 is 5.97 Å². The number of rotatable bonds is 2. The second-order valence-corrected chi connectivity index (χ2v) is 2.49. The van der Waals surface area contributed by atoms with Crippen LogP contribution >= 0.6 is 0 Å². The summed E-state index contributed by atoms with van der Waals surface area (Å²) in [4.78, 5) is 30.1. The Labute approximate surface area is 81.1 Å². The molecule has 5 nitrogen and oxygen atoms in total. The lowest BCUT2D eigenvalue weighted by Gasteiger charge is -2.03. The molecule has 0 aliphatic rings. The van der Waals surface area contributed by atoms with Crippen molar-refractivity contribution in [2.24, 2.45) is 0 Å². The molecule has 0 aliphatic carbocycles. The Bertz CT molecular complexity index is 324. The molecule has 0 spiro atoms. The van der Waals surface area contributed by atoms with Gasteiger partial charge in [0.25, 0.3) is 5.91 Å². The summed E-state index contributed by atoms with van der Waals surface area (Å²) < 4.78 is 0. The Hall–Kier alpha value is -1.91. The average Bonchev–Trinajstić information content (AvgIpc) is 2.26. The van der Waals surface area contributed by atoms with E-state index in [1.165, 1.54) is 24.5 Å². The van der Waals surface area contributed by atoms with E-state index >= 15 is 0 Å². The highest BCUT2D eigenvalue weighted by molar-refractivity contribution is 5.93. The fourth-order valence-electron chi connectivity index (χ4n) is 0.738. The van der Waals surface area contributed by atoms with Crippen molar-refractivity contribution >= 4 is 11.9 Å². The van der Waals surface area contributed by atoms with Crippen LogP contribution in [0.5, 0.6) is 0 Å². The van der Waals surface area contributed by atoms with Crippen LogP contribution in [-0.4, -0.2) is 16.9 Å². The zero-order chi connectivity index (χ0) is 10.4. The monoisotopic (exact) mass is 194 g/mol. The third-order valence-electron chi connectivity index (χ3n) is 1.49. The van der Waals surface area contributed by atoms with Gasteiger partial charge in [-0.25, -0.2) is 4.79 Å². The van der Waals surface area contributed by atoms with Crippen LogP contribution in [0.25, 0.3) is 0 Å². The van der Waals surface area contributed by atoms with Gasteiger partial charge in [-0.15, -0.1) is 0 Å². The molecule has 1 amide bonds. The summed E-state index contributed by atoms with van der Waals surface area (Å²) in [6, 6.07) is 3.05. The molecule has 1 aromatic heterocycles. The van der Waals surface area contributed by atoms with Gasteiger partial charge in [0.05, 0.1) is 0 Å². The van der Waals surface area contributed by atoms with Crippen molar-refractivity contribution in [3.05, 3.63) is 30.1 Å². The topological polar surface area (TPSA) is 68.3 Å². The average molecular weight is 194 g/mol. The van der Waals surface area contributed by atoms with Gasteiger partial charge < -0.3 is 4.84 Å². The lowest BCUT2D eigenvalue weighted by molar-refractivity contribution is -0.148. The van der Waals surface area contributed by atoms with Gasteiger partial charge in [0.15, 0.2) is 0 Å². The van der Waals surface area contributed by atoms with E-state index in [-0.39, 0.29) is 6.42 Å². The first-order valence-corrected chi connectivity index (χ1v) is 4.14. The van der Waals surface area contributed by atoms with Crippen molar-refractivity contribution in [2.45, 2.75) is 13.3 Å². The van der Waals surface area contributed by atoms with Crippen LogP contribution in [0.15, 0.2) is 24.5 Å². The van der Waals surface area contributed by atoms with Crippen LogP contribution in [0, 0.1) is 0 Å². The number of carbonyl (C=O) groups is 2. The highest BCUT2D eigenvalue weighted by atomic mass is 16.7. The zero-order valence-electron chi connectivity index (χ0n) is 7.69. The summed E-state index contributed by atoms with van der Waals surface area (Å²) >= 11 is 0. The predicted octanol–water partition coefficient (Wildman–Crippen LogP) is 0.680. The molecule has 0 saturated carbocycles. The summed E-state index contributed by atoms with van der Waals surface area (Å²) in [5.41, 5.74) is 2.43. The Morgan fingerprint density at radius 1 is 1.43 bits per heavy atom. The molecule has 1 N–H and O–H groups in total. The number of pyridine rings is 1. The third-order valence-corrected chi connectivity index (χ3v) is 1.49. The Kier molecular flexibility index (Phi) is 3.60. The lowest BCUT2D eigenvalue weighted by Crippen LogP contribution is -2.26. The van der Waals surface area contributed by atoms with Crippen LogP contribution in [0.4, 0.5) is 0 Å². The van der Waals surface area contributed by atoms with Gasteiger partial charge in [-0.2, -0.15) is 5.48 Å².